The van der Waals surface area contributed by atoms with Crippen LogP contribution in [0.5, 0.6) is 0 Å². The highest BCUT2D eigenvalue weighted by Crippen LogP contribution is 2.16. The van der Waals surface area contributed by atoms with Gasteiger partial charge in [-0.2, -0.15) is 0 Å². The molecule has 0 fully saturated rings. The maximum absolute atomic E-state index is 3.90. The summed E-state index contributed by atoms with van der Waals surface area (Å²) in [4.78, 5) is 3.90. The second-order valence-corrected chi connectivity index (χ2v) is 3.22. The van der Waals surface area contributed by atoms with E-state index in [1.807, 2.05) is 0 Å². The largest absolute Gasteiger partial charge is 0.287 e. The molecule has 2 unspecified atom stereocenters. The number of hydrogen-bond donors (Lipinski definition) is 0. The standard InChI is InChI=1S/C6H12IN/c1-4-5(2)6(7)8-3/h5-6H,3-4H2,1-2H3. The van der Waals surface area contributed by atoms with Gasteiger partial charge in [-0.1, -0.05) is 42.9 Å². The van der Waals surface area contributed by atoms with Crippen LogP contribution in [-0.2, 0) is 0 Å². The molecular formula is C6H12IN. The first-order valence-electron chi connectivity index (χ1n) is 2.82. The summed E-state index contributed by atoms with van der Waals surface area (Å²) < 4.78 is 0.401. The summed E-state index contributed by atoms with van der Waals surface area (Å²) in [5.74, 6) is 0.674. The van der Waals surface area contributed by atoms with E-state index in [2.05, 4.69) is 48.1 Å². The van der Waals surface area contributed by atoms with Crippen molar-refractivity contribution < 1.29 is 0 Å². The van der Waals surface area contributed by atoms with Crippen LogP contribution in [0.4, 0.5) is 0 Å². The topological polar surface area (TPSA) is 12.4 Å². The molecule has 0 aromatic heterocycles. The Hall–Kier alpha value is 0.400. The SMILES string of the molecule is C=NC(I)C(C)CC. The van der Waals surface area contributed by atoms with Gasteiger partial charge in [0.2, 0.25) is 0 Å². The second kappa shape index (κ2) is 4.30. The molecule has 0 spiro atoms. The average molecular weight is 225 g/mol. The lowest BCUT2D eigenvalue weighted by molar-refractivity contribution is 0.562. The Morgan fingerprint density at radius 1 is 1.75 bits per heavy atom. The number of rotatable bonds is 3. The van der Waals surface area contributed by atoms with Gasteiger partial charge in [-0.25, -0.2) is 0 Å². The van der Waals surface area contributed by atoms with Gasteiger partial charge < -0.3 is 0 Å². The third-order valence-electron chi connectivity index (χ3n) is 1.29. The van der Waals surface area contributed by atoms with Crippen LogP contribution in [-0.4, -0.2) is 10.8 Å². The van der Waals surface area contributed by atoms with Gasteiger partial charge in [0.15, 0.2) is 0 Å². The van der Waals surface area contributed by atoms with Crippen molar-refractivity contribution in [3.8, 4) is 0 Å². The highest BCUT2D eigenvalue weighted by Gasteiger charge is 2.06. The first kappa shape index (κ1) is 8.40. The number of aliphatic imine (C=N–C) groups is 1. The minimum absolute atomic E-state index is 0.401. The Bertz CT molecular complexity index is 72.9. The Labute approximate surface area is 64.7 Å². The van der Waals surface area contributed by atoms with Crippen molar-refractivity contribution in [3.63, 3.8) is 0 Å². The Morgan fingerprint density at radius 2 is 2.25 bits per heavy atom. The van der Waals surface area contributed by atoms with Gasteiger partial charge in [-0.05, 0) is 12.6 Å². The maximum Gasteiger partial charge on any atom is 0.103 e. The molecule has 0 rings (SSSR count). The normalized spacial score (nSPS) is 17.4. The molecule has 0 bridgehead atoms. The Kier molecular flexibility index (Phi) is 4.51. The summed E-state index contributed by atoms with van der Waals surface area (Å²) in [7, 11) is 0. The van der Waals surface area contributed by atoms with Gasteiger partial charge in [0.25, 0.3) is 0 Å². The van der Waals surface area contributed by atoms with Crippen LogP contribution >= 0.6 is 22.6 Å². The minimum Gasteiger partial charge on any atom is -0.287 e. The van der Waals surface area contributed by atoms with Crippen LogP contribution in [0.1, 0.15) is 20.3 Å². The molecule has 0 N–H and O–H groups in total. The quantitative estimate of drug-likeness (QED) is 0.303. The fourth-order valence-electron chi connectivity index (χ4n) is 0.374. The molecule has 0 saturated carbocycles. The summed E-state index contributed by atoms with van der Waals surface area (Å²) >= 11 is 2.30. The molecule has 0 heterocycles. The summed E-state index contributed by atoms with van der Waals surface area (Å²) in [5.41, 5.74) is 0. The highest BCUT2D eigenvalue weighted by molar-refractivity contribution is 14.1. The molecule has 0 amide bonds. The monoisotopic (exact) mass is 225 g/mol. The fraction of sp³-hybridized carbons (Fsp3) is 0.833. The van der Waals surface area contributed by atoms with Crippen LogP contribution < -0.4 is 0 Å². The molecule has 0 aromatic carbocycles. The van der Waals surface area contributed by atoms with E-state index < -0.39 is 0 Å². The van der Waals surface area contributed by atoms with Crippen molar-refractivity contribution in [1.82, 2.24) is 0 Å². The third kappa shape index (κ3) is 2.64. The van der Waals surface area contributed by atoms with Crippen molar-refractivity contribution in [3.05, 3.63) is 0 Å². The zero-order valence-corrected chi connectivity index (χ0v) is 7.55. The Balaban J connectivity index is 3.44. The van der Waals surface area contributed by atoms with Crippen molar-refractivity contribution in [1.29, 1.82) is 0 Å². The van der Waals surface area contributed by atoms with Crippen molar-refractivity contribution in [2.45, 2.75) is 24.3 Å². The molecule has 0 aliphatic rings. The van der Waals surface area contributed by atoms with Crippen molar-refractivity contribution in [2.24, 2.45) is 10.9 Å². The molecule has 48 valence electrons. The Morgan fingerprint density at radius 3 is 2.38 bits per heavy atom. The lowest BCUT2D eigenvalue weighted by Crippen LogP contribution is -2.05. The maximum atomic E-state index is 3.90. The van der Waals surface area contributed by atoms with E-state index in [9.17, 15) is 0 Å². The minimum atomic E-state index is 0.401. The number of halogens is 1. The first-order valence-corrected chi connectivity index (χ1v) is 4.06. The summed E-state index contributed by atoms with van der Waals surface area (Å²) in [6.07, 6.45) is 1.19. The molecule has 0 aliphatic heterocycles. The highest BCUT2D eigenvalue weighted by atomic mass is 127. The first-order chi connectivity index (χ1) is 3.72. The van der Waals surface area contributed by atoms with Gasteiger partial charge >= 0.3 is 0 Å². The predicted molar refractivity (Wildman–Crippen MR) is 46.8 cm³/mol. The van der Waals surface area contributed by atoms with Crippen LogP contribution in [0.25, 0.3) is 0 Å². The van der Waals surface area contributed by atoms with E-state index in [1.54, 1.807) is 0 Å². The van der Waals surface area contributed by atoms with E-state index in [0.29, 0.717) is 9.97 Å². The predicted octanol–water partition coefficient (Wildman–Crippen LogP) is 2.49. The smallest absolute Gasteiger partial charge is 0.103 e. The van der Waals surface area contributed by atoms with Crippen LogP contribution in [0.15, 0.2) is 4.99 Å². The lowest BCUT2D eigenvalue weighted by atomic mass is 10.1. The average Bonchev–Trinajstić information content (AvgIpc) is 1.84. The van der Waals surface area contributed by atoms with E-state index in [4.69, 9.17) is 0 Å². The molecule has 0 aromatic rings. The van der Waals surface area contributed by atoms with Gasteiger partial charge in [-0.15, -0.1) is 0 Å². The zero-order valence-electron chi connectivity index (χ0n) is 5.39. The van der Waals surface area contributed by atoms with Crippen LogP contribution in [0.3, 0.4) is 0 Å². The van der Waals surface area contributed by atoms with E-state index in [-0.39, 0.29) is 0 Å². The number of nitrogens with zero attached hydrogens (tertiary/aromatic N) is 1. The second-order valence-electron chi connectivity index (χ2n) is 1.94. The van der Waals surface area contributed by atoms with Crippen LogP contribution in [0.2, 0.25) is 0 Å². The molecule has 2 heteroatoms. The number of alkyl halides is 1. The molecule has 0 saturated heterocycles. The zero-order chi connectivity index (χ0) is 6.57. The molecular weight excluding hydrogens is 213 g/mol. The molecule has 0 aliphatic carbocycles. The summed E-state index contributed by atoms with van der Waals surface area (Å²) in [6, 6.07) is 0. The van der Waals surface area contributed by atoms with Gasteiger partial charge in [0.1, 0.15) is 4.05 Å². The van der Waals surface area contributed by atoms with Gasteiger partial charge in [0.05, 0.1) is 0 Å². The summed E-state index contributed by atoms with van der Waals surface area (Å²) in [6.45, 7) is 7.83. The molecule has 0 radical (unpaired) electrons. The lowest BCUT2D eigenvalue weighted by Gasteiger charge is -2.09. The molecule has 1 nitrogen and oxygen atoms in total. The van der Waals surface area contributed by atoms with Crippen molar-refractivity contribution in [2.75, 3.05) is 0 Å². The molecule has 8 heavy (non-hydrogen) atoms. The van der Waals surface area contributed by atoms with E-state index >= 15 is 0 Å². The fourth-order valence-corrected chi connectivity index (χ4v) is 0.883. The molecule has 2 atom stereocenters. The third-order valence-corrected chi connectivity index (χ3v) is 2.91. The summed E-state index contributed by atoms with van der Waals surface area (Å²) in [5, 5.41) is 0. The number of hydrogen-bond acceptors (Lipinski definition) is 1. The van der Waals surface area contributed by atoms with E-state index in [1.165, 1.54) is 6.42 Å². The van der Waals surface area contributed by atoms with Gasteiger partial charge in [-0.3, -0.25) is 4.99 Å². The van der Waals surface area contributed by atoms with Crippen LogP contribution in [0, 0.1) is 5.92 Å². The van der Waals surface area contributed by atoms with Gasteiger partial charge in [0, 0.05) is 0 Å². The van der Waals surface area contributed by atoms with E-state index in [0.717, 1.165) is 0 Å². The van der Waals surface area contributed by atoms with Crippen molar-refractivity contribution >= 4 is 29.3 Å².